The van der Waals surface area contributed by atoms with Crippen molar-refractivity contribution >= 4 is 11.8 Å². The van der Waals surface area contributed by atoms with Crippen molar-refractivity contribution in [2.75, 3.05) is 6.54 Å². The minimum absolute atomic E-state index is 0.898. The summed E-state index contributed by atoms with van der Waals surface area (Å²) in [4.78, 5) is 1.25. The van der Waals surface area contributed by atoms with Gasteiger partial charge in [-0.05, 0) is 50.2 Å². The van der Waals surface area contributed by atoms with Gasteiger partial charge in [0.2, 0.25) is 0 Å². The average Bonchev–Trinajstić information content (AvgIpc) is 2.74. The Kier molecular flexibility index (Phi) is 5.20. The highest BCUT2D eigenvalue weighted by Gasteiger charge is 2.10. The van der Waals surface area contributed by atoms with E-state index in [9.17, 15) is 0 Å². The first kappa shape index (κ1) is 15.1. The number of aryl methyl sites for hydroxylation is 2. The maximum atomic E-state index is 4.23. The second kappa shape index (κ2) is 6.90. The third-order valence-corrected chi connectivity index (χ3v) is 4.37. The molecule has 0 unspecified atom stereocenters. The zero-order chi connectivity index (χ0) is 14.5. The van der Waals surface area contributed by atoms with E-state index in [1.165, 1.54) is 16.0 Å². The van der Waals surface area contributed by atoms with Crippen molar-refractivity contribution in [1.29, 1.82) is 0 Å². The number of benzene rings is 1. The van der Waals surface area contributed by atoms with Crippen molar-refractivity contribution in [2.45, 2.75) is 43.8 Å². The Balaban J connectivity index is 2.19. The molecule has 1 aromatic carbocycles. The van der Waals surface area contributed by atoms with Gasteiger partial charge < -0.3 is 9.88 Å². The molecule has 1 aromatic heterocycles. The minimum atomic E-state index is 0.898. The Morgan fingerprint density at radius 3 is 2.70 bits per heavy atom. The summed E-state index contributed by atoms with van der Waals surface area (Å²) in [5.41, 5.74) is 2.61. The number of rotatable bonds is 6. The SMILES string of the molecule is CCCNCc1cc(C)ccc1Sc1nnc(C)n1C. The van der Waals surface area contributed by atoms with Gasteiger partial charge in [0.05, 0.1) is 0 Å². The van der Waals surface area contributed by atoms with Crippen molar-refractivity contribution in [1.82, 2.24) is 20.1 Å². The summed E-state index contributed by atoms with van der Waals surface area (Å²) in [5.74, 6) is 0.935. The highest BCUT2D eigenvalue weighted by atomic mass is 32.2. The number of hydrogen-bond donors (Lipinski definition) is 1. The summed E-state index contributed by atoms with van der Waals surface area (Å²) >= 11 is 1.68. The molecule has 1 N–H and O–H groups in total. The minimum Gasteiger partial charge on any atom is -0.313 e. The highest BCUT2D eigenvalue weighted by Crippen LogP contribution is 2.29. The third-order valence-electron chi connectivity index (χ3n) is 3.21. The number of nitrogens with one attached hydrogen (secondary N) is 1. The highest BCUT2D eigenvalue weighted by molar-refractivity contribution is 7.99. The zero-order valence-electron chi connectivity index (χ0n) is 12.6. The van der Waals surface area contributed by atoms with E-state index in [4.69, 9.17) is 0 Å². The van der Waals surface area contributed by atoms with Crippen molar-refractivity contribution < 1.29 is 0 Å². The van der Waals surface area contributed by atoms with Crippen LogP contribution < -0.4 is 5.32 Å². The molecule has 1 heterocycles. The van der Waals surface area contributed by atoms with Gasteiger partial charge in [0.25, 0.3) is 0 Å². The van der Waals surface area contributed by atoms with Gasteiger partial charge in [-0.3, -0.25) is 0 Å². The summed E-state index contributed by atoms with van der Waals surface area (Å²) in [7, 11) is 2.00. The van der Waals surface area contributed by atoms with Crippen LogP contribution in [0.4, 0.5) is 0 Å². The van der Waals surface area contributed by atoms with Crippen LogP contribution in [0.3, 0.4) is 0 Å². The molecule has 0 radical (unpaired) electrons. The molecule has 0 saturated carbocycles. The van der Waals surface area contributed by atoms with Crippen molar-refractivity contribution in [3.05, 3.63) is 35.2 Å². The molecule has 0 amide bonds. The van der Waals surface area contributed by atoms with Gasteiger partial charge in [-0.15, -0.1) is 10.2 Å². The number of nitrogens with zero attached hydrogens (tertiary/aromatic N) is 3. The Bertz CT molecular complexity index is 577. The van der Waals surface area contributed by atoms with Gasteiger partial charge in [-0.1, -0.05) is 24.6 Å². The lowest BCUT2D eigenvalue weighted by Gasteiger charge is -2.11. The maximum absolute atomic E-state index is 4.23. The molecule has 0 aliphatic heterocycles. The van der Waals surface area contributed by atoms with E-state index < -0.39 is 0 Å². The molecule has 0 aliphatic rings. The Hall–Kier alpha value is -1.33. The molecule has 5 heteroatoms. The van der Waals surface area contributed by atoms with Crippen molar-refractivity contribution in [2.24, 2.45) is 7.05 Å². The molecular weight excluding hydrogens is 268 g/mol. The molecule has 2 aromatic rings. The molecule has 4 nitrogen and oxygen atoms in total. The number of aromatic nitrogens is 3. The van der Waals surface area contributed by atoms with Crippen LogP contribution in [0.15, 0.2) is 28.3 Å². The van der Waals surface area contributed by atoms with Crippen molar-refractivity contribution in [3.8, 4) is 0 Å². The smallest absolute Gasteiger partial charge is 0.195 e. The second-order valence-corrected chi connectivity index (χ2v) is 5.99. The lowest BCUT2D eigenvalue weighted by Crippen LogP contribution is -2.14. The molecule has 0 atom stereocenters. The molecular formula is C15H22N4S. The van der Waals surface area contributed by atoms with E-state index in [2.05, 4.69) is 47.6 Å². The molecule has 20 heavy (non-hydrogen) atoms. The van der Waals surface area contributed by atoms with Gasteiger partial charge in [-0.25, -0.2) is 0 Å². The van der Waals surface area contributed by atoms with Gasteiger partial charge in [0.1, 0.15) is 5.82 Å². The molecule has 0 saturated heterocycles. The van der Waals surface area contributed by atoms with Crippen LogP contribution in [-0.2, 0) is 13.6 Å². The molecule has 2 rings (SSSR count). The number of hydrogen-bond acceptors (Lipinski definition) is 4. The van der Waals surface area contributed by atoms with E-state index in [-0.39, 0.29) is 0 Å². The summed E-state index contributed by atoms with van der Waals surface area (Å²) in [6.07, 6.45) is 1.15. The van der Waals surface area contributed by atoms with Crippen LogP contribution in [0.1, 0.15) is 30.3 Å². The normalized spacial score (nSPS) is 11.0. The quantitative estimate of drug-likeness (QED) is 0.830. The summed E-state index contributed by atoms with van der Waals surface area (Å²) in [6, 6.07) is 6.57. The molecule has 0 fully saturated rings. The first-order valence-electron chi connectivity index (χ1n) is 6.96. The Morgan fingerprint density at radius 1 is 1.25 bits per heavy atom. The first-order valence-corrected chi connectivity index (χ1v) is 7.77. The van der Waals surface area contributed by atoms with Gasteiger partial charge >= 0.3 is 0 Å². The standard InChI is InChI=1S/C15H22N4S/c1-5-8-16-10-13-9-11(2)6-7-14(13)20-15-18-17-12(3)19(15)4/h6-7,9,16H,5,8,10H2,1-4H3. The van der Waals surface area contributed by atoms with Crippen LogP contribution in [0.2, 0.25) is 0 Å². The first-order chi connectivity index (χ1) is 9.61. The fourth-order valence-corrected chi connectivity index (χ4v) is 2.87. The largest absolute Gasteiger partial charge is 0.313 e. The topological polar surface area (TPSA) is 42.7 Å². The van der Waals surface area contributed by atoms with Gasteiger partial charge in [0.15, 0.2) is 5.16 Å². The van der Waals surface area contributed by atoms with E-state index in [1.807, 2.05) is 18.5 Å². The van der Waals surface area contributed by atoms with Crippen LogP contribution in [0, 0.1) is 13.8 Å². The van der Waals surface area contributed by atoms with Crippen LogP contribution in [0.25, 0.3) is 0 Å². The molecule has 0 spiro atoms. The van der Waals surface area contributed by atoms with Crippen molar-refractivity contribution in [3.63, 3.8) is 0 Å². The van der Waals surface area contributed by atoms with E-state index in [0.717, 1.165) is 30.5 Å². The lowest BCUT2D eigenvalue weighted by atomic mass is 10.1. The average molecular weight is 290 g/mol. The van der Waals surface area contributed by atoms with Crippen LogP contribution in [0.5, 0.6) is 0 Å². The molecule has 108 valence electrons. The molecule has 0 aliphatic carbocycles. The Labute approximate surface area is 125 Å². The second-order valence-electron chi connectivity index (χ2n) is 4.98. The van der Waals surface area contributed by atoms with Crippen LogP contribution >= 0.6 is 11.8 Å². The summed E-state index contributed by atoms with van der Waals surface area (Å²) in [6.45, 7) is 8.22. The summed E-state index contributed by atoms with van der Waals surface area (Å²) in [5, 5.41) is 12.7. The van der Waals surface area contributed by atoms with Crippen LogP contribution in [-0.4, -0.2) is 21.3 Å². The predicted octanol–water partition coefficient (Wildman–Crippen LogP) is 3.08. The van der Waals surface area contributed by atoms with Gasteiger partial charge in [-0.2, -0.15) is 0 Å². The zero-order valence-corrected chi connectivity index (χ0v) is 13.4. The van der Waals surface area contributed by atoms with E-state index in [0.29, 0.717) is 0 Å². The fourth-order valence-electron chi connectivity index (χ4n) is 1.92. The van der Waals surface area contributed by atoms with Gasteiger partial charge in [0, 0.05) is 18.5 Å². The lowest BCUT2D eigenvalue weighted by molar-refractivity contribution is 0.668. The fraction of sp³-hybridized carbons (Fsp3) is 0.467. The Morgan fingerprint density at radius 2 is 2.05 bits per heavy atom. The predicted molar refractivity (Wildman–Crippen MR) is 83.0 cm³/mol. The summed E-state index contributed by atoms with van der Waals surface area (Å²) < 4.78 is 2.02. The maximum Gasteiger partial charge on any atom is 0.195 e. The van der Waals surface area contributed by atoms with E-state index in [1.54, 1.807) is 11.8 Å². The van der Waals surface area contributed by atoms with E-state index >= 15 is 0 Å². The monoisotopic (exact) mass is 290 g/mol. The third kappa shape index (κ3) is 3.61. The molecule has 0 bridgehead atoms.